The van der Waals surface area contributed by atoms with Crippen molar-refractivity contribution in [3.8, 4) is 17.6 Å². The zero-order valence-corrected chi connectivity index (χ0v) is 11.5. The molecule has 0 fully saturated rings. The zero-order chi connectivity index (χ0) is 14.3. The molecule has 1 aromatic heterocycles. The van der Waals surface area contributed by atoms with Crippen LogP contribution in [0.2, 0.25) is 5.02 Å². The highest BCUT2D eigenvalue weighted by Gasteiger charge is 2.33. The number of aromatic nitrogens is 2. The molecule has 0 spiro atoms. The summed E-state index contributed by atoms with van der Waals surface area (Å²) in [6.07, 6.45) is 0. The lowest BCUT2D eigenvalue weighted by Crippen LogP contribution is -2.44. The predicted molar refractivity (Wildman–Crippen MR) is 75.0 cm³/mol. The molecule has 0 aliphatic rings. The van der Waals surface area contributed by atoms with Gasteiger partial charge in [-0.2, -0.15) is 0 Å². The first-order chi connectivity index (χ1) is 9.59. The smallest absolute Gasteiger partial charge is 0.459 e. The van der Waals surface area contributed by atoms with Crippen LogP contribution in [0.3, 0.4) is 0 Å². The summed E-state index contributed by atoms with van der Waals surface area (Å²) in [7, 11) is 1.73. The first-order valence-corrected chi connectivity index (χ1v) is 6.48. The first-order valence-electron chi connectivity index (χ1n) is 6.10. The number of aryl methyl sites for hydroxylation is 1. The second kappa shape index (κ2) is 4.65. The second-order valence-corrected chi connectivity index (χ2v) is 4.95. The minimum absolute atomic E-state index is 0.0292. The Balaban J connectivity index is 2.42. The van der Waals surface area contributed by atoms with E-state index in [1.807, 2.05) is 18.2 Å². The molecule has 0 aliphatic carbocycles. The number of para-hydroxylation sites is 1. The summed E-state index contributed by atoms with van der Waals surface area (Å²) in [6, 6.07) is 14.2. The second-order valence-electron chi connectivity index (χ2n) is 4.52. The molecule has 5 heteroatoms. The Bertz CT molecular complexity index is 818. The molecule has 0 radical (unpaired) electrons. The maximum absolute atomic E-state index is 10.4. The SMILES string of the molecule is C[n+]1c(O)[n+](-c2cccc(Cl)c2)c(O)c2ccccc21. The van der Waals surface area contributed by atoms with Gasteiger partial charge in [-0.15, -0.1) is 4.57 Å². The number of hydrogen-bond donors (Lipinski definition) is 2. The van der Waals surface area contributed by atoms with Crippen molar-refractivity contribution in [2.75, 3.05) is 0 Å². The number of nitrogens with zero attached hydrogens (tertiary/aromatic N) is 2. The lowest BCUT2D eigenvalue weighted by Gasteiger charge is -2.02. The van der Waals surface area contributed by atoms with Gasteiger partial charge in [0.05, 0.1) is 0 Å². The number of hydrogen-bond acceptors (Lipinski definition) is 2. The van der Waals surface area contributed by atoms with E-state index in [0.29, 0.717) is 16.1 Å². The van der Waals surface area contributed by atoms with Crippen molar-refractivity contribution in [1.82, 2.24) is 0 Å². The van der Waals surface area contributed by atoms with E-state index in [-0.39, 0.29) is 11.9 Å². The third-order valence-corrected chi connectivity index (χ3v) is 3.52. The number of benzene rings is 2. The lowest BCUT2D eigenvalue weighted by molar-refractivity contribution is -0.768. The Hall–Kier alpha value is -2.33. The van der Waals surface area contributed by atoms with Crippen molar-refractivity contribution in [1.29, 1.82) is 0 Å². The molecule has 100 valence electrons. The topological polar surface area (TPSA) is 48.2 Å². The molecule has 2 aromatic carbocycles. The predicted octanol–water partition coefficient (Wildman–Crippen LogP) is 2.01. The van der Waals surface area contributed by atoms with Crippen molar-refractivity contribution in [3.63, 3.8) is 0 Å². The van der Waals surface area contributed by atoms with Crippen LogP contribution in [-0.4, -0.2) is 10.2 Å². The normalized spacial score (nSPS) is 10.9. The number of fused-ring (bicyclic) bond motifs is 1. The molecule has 0 unspecified atom stereocenters. The van der Waals surface area contributed by atoms with Gasteiger partial charge >= 0.3 is 11.9 Å². The van der Waals surface area contributed by atoms with E-state index in [2.05, 4.69) is 0 Å². The van der Waals surface area contributed by atoms with Crippen molar-refractivity contribution >= 4 is 22.5 Å². The van der Waals surface area contributed by atoms with Crippen LogP contribution in [0.4, 0.5) is 0 Å². The fraction of sp³-hybridized carbons (Fsp3) is 0.0667. The van der Waals surface area contributed by atoms with Gasteiger partial charge < -0.3 is 10.2 Å². The molecule has 0 bridgehead atoms. The first kappa shape index (κ1) is 12.7. The monoisotopic (exact) mass is 288 g/mol. The van der Waals surface area contributed by atoms with Gasteiger partial charge in [0.2, 0.25) is 11.2 Å². The van der Waals surface area contributed by atoms with Crippen LogP contribution in [0.1, 0.15) is 0 Å². The number of aromatic hydroxyl groups is 2. The highest BCUT2D eigenvalue weighted by atomic mass is 35.5. The van der Waals surface area contributed by atoms with Crippen LogP contribution in [0.5, 0.6) is 11.9 Å². The zero-order valence-electron chi connectivity index (χ0n) is 10.8. The Kier molecular flexibility index (Phi) is 2.95. The van der Waals surface area contributed by atoms with E-state index in [1.165, 1.54) is 4.57 Å². The molecule has 4 nitrogen and oxygen atoms in total. The maximum Gasteiger partial charge on any atom is 0.637 e. The van der Waals surface area contributed by atoms with Crippen molar-refractivity contribution < 1.29 is 19.3 Å². The third kappa shape index (κ3) is 1.85. The van der Waals surface area contributed by atoms with Crippen LogP contribution in [-0.2, 0) is 7.05 Å². The fourth-order valence-corrected chi connectivity index (χ4v) is 2.47. The lowest BCUT2D eigenvalue weighted by atomic mass is 10.2. The Morgan fingerprint density at radius 3 is 2.50 bits per heavy atom. The van der Waals surface area contributed by atoms with Gasteiger partial charge in [0, 0.05) is 23.2 Å². The standard InChI is InChI=1S/C15H11ClN2O2/c1-17-13-8-3-2-7-12(13)14(19)18(15(17)20)11-6-4-5-10(16)9-11/h2-9H,1H3/p+2. The minimum atomic E-state index is -0.0801. The van der Waals surface area contributed by atoms with Crippen LogP contribution in [0.15, 0.2) is 48.5 Å². The van der Waals surface area contributed by atoms with Gasteiger partial charge in [-0.3, -0.25) is 0 Å². The summed E-state index contributed by atoms with van der Waals surface area (Å²) >= 11 is 5.97. The van der Waals surface area contributed by atoms with E-state index < -0.39 is 0 Å². The van der Waals surface area contributed by atoms with E-state index in [4.69, 9.17) is 11.6 Å². The maximum atomic E-state index is 10.4. The molecular formula is C15H13ClN2O2+2. The average Bonchev–Trinajstić information content (AvgIpc) is 2.45. The summed E-state index contributed by atoms with van der Waals surface area (Å²) in [5.41, 5.74) is 1.33. The minimum Gasteiger partial charge on any atom is -0.459 e. The Morgan fingerprint density at radius 2 is 1.75 bits per heavy atom. The van der Waals surface area contributed by atoms with Gasteiger partial charge in [0.1, 0.15) is 7.05 Å². The van der Waals surface area contributed by atoms with Gasteiger partial charge in [-0.25, -0.2) is 0 Å². The van der Waals surface area contributed by atoms with Crippen molar-refractivity contribution in [2.24, 2.45) is 7.05 Å². The van der Waals surface area contributed by atoms with Gasteiger partial charge in [0.25, 0.3) is 0 Å². The molecule has 1 heterocycles. The highest BCUT2D eigenvalue weighted by molar-refractivity contribution is 6.30. The highest BCUT2D eigenvalue weighted by Crippen LogP contribution is 2.22. The van der Waals surface area contributed by atoms with Gasteiger partial charge in [-0.05, 0) is 16.7 Å². The average molecular weight is 289 g/mol. The molecule has 0 saturated carbocycles. The Morgan fingerprint density at radius 1 is 1.00 bits per heavy atom. The van der Waals surface area contributed by atoms with E-state index in [9.17, 15) is 10.2 Å². The summed E-state index contributed by atoms with van der Waals surface area (Å²) < 4.78 is 2.96. The largest absolute Gasteiger partial charge is 0.637 e. The molecule has 0 aliphatic heterocycles. The number of rotatable bonds is 1. The van der Waals surface area contributed by atoms with E-state index in [1.54, 1.807) is 41.9 Å². The van der Waals surface area contributed by atoms with E-state index in [0.717, 1.165) is 5.52 Å². The molecule has 20 heavy (non-hydrogen) atoms. The van der Waals surface area contributed by atoms with Crippen molar-refractivity contribution in [3.05, 3.63) is 53.6 Å². The van der Waals surface area contributed by atoms with Crippen molar-refractivity contribution in [2.45, 2.75) is 0 Å². The summed E-state index contributed by atoms with van der Waals surface area (Å²) in [5.74, 6) is -0.0292. The van der Waals surface area contributed by atoms with Gasteiger partial charge in [-0.1, -0.05) is 29.8 Å². The molecule has 0 amide bonds. The van der Waals surface area contributed by atoms with Crippen LogP contribution < -0.4 is 9.13 Å². The summed E-state index contributed by atoms with van der Waals surface area (Å²) in [6.45, 7) is 0. The van der Waals surface area contributed by atoms with Crippen LogP contribution >= 0.6 is 11.6 Å². The third-order valence-electron chi connectivity index (χ3n) is 3.28. The molecule has 3 aromatic rings. The van der Waals surface area contributed by atoms with E-state index >= 15 is 0 Å². The quantitative estimate of drug-likeness (QED) is 0.673. The molecular weight excluding hydrogens is 276 g/mol. The van der Waals surface area contributed by atoms with Crippen LogP contribution in [0.25, 0.3) is 16.6 Å². The molecule has 3 rings (SSSR count). The Labute approximate surface area is 120 Å². The number of halogens is 1. The molecule has 0 atom stereocenters. The summed E-state index contributed by atoms with van der Waals surface area (Å²) in [5, 5.41) is 22.0. The molecule has 2 N–H and O–H groups in total. The fourth-order valence-electron chi connectivity index (χ4n) is 2.28. The van der Waals surface area contributed by atoms with Crippen LogP contribution in [0, 0.1) is 0 Å². The van der Waals surface area contributed by atoms with Gasteiger partial charge in [0.15, 0.2) is 5.39 Å². The molecule has 0 saturated heterocycles. The summed E-state index contributed by atoms with van der Waals surface area (Å²) in [4.78, 5) is 0.